The smallest absolute Gasteiger partial charge is 0.254 e. The number of benzene rings is 2. The molecule has 0 aromatic heterocycles. The summed E-state index contributed by atoms with van der Waals surface area (Å²) in [5.74, 6) is -3.22. The highest BCUT2D eigenvalue weighted by Gasteiger charge is 2.30. The molecule has 0 radical (unpaired) electrons. The second kappa shape index (κ2) is 9.93. The van der Waals surface area contributed by atoms with Crippen molar-refractivity contribution in [1.29, 1.82) is 5.41 Å². The van der Waals surface area contributed by atoms with Crippen LogP contribution in [0.2, 0.25) is 0 Å². The Morgan fingerprint density at radius 1 is 1.20 bits per heavy atom. The van der Waals surface area contributed by atoms with Crippen molar-refractivity contribution < 1.29 is 23.1 Å². The summed E-state index contributed by atoms with van der Waals surface area (Å²) in [6.45, 7) is 3.18. The summed E-state index contributed by atoms with van der Waals surface area (Å²) < 4.78 is 34.6. The number of nitrogens with one attached hydrogen (secondary N) is 2. The zero-order chi connectivity index (χ0) is 22.4. The Bertz CT molecular complexity index is 948. The van der Waals surface area contributed by atoms with E-state index in [9.17, 15) is 14.0 Å². The fraction of sp³-hybridized carbons (Fsp3) is 0.286. The Morgan fingerprint density at radius 2 is 1.83 bits per heavy atom. The number of halogens is 2. The molecule has 0 spiro atoms. The summed E-state index contributed by atoms with van der Waals surface area (Å²) in [6.07, 6.45) is -1.55. The Hall–Kier alpha value is -3.33. The number of ether oxygens (including phenoxy) is 1. The highest BCUT2D eigenvalue weighted by molar-refractivity contribution is 5.95. The summed E-state index contributed by atoms with van der Waals surface area (Å²) in [4.78, 5) is 25.5. The summed E-state index contributed by atoms with van der Waals surface area (Å²) in [6, 6.07) is 8.75. The van der Waals surface area contributed by atoms with Crippen LogP contribution < -0.4 is 16.0 Å². The number of hydrogen-bond donors (Lipinski definition) is 3. The van der Waals surface area contributed by atoms with Gasteiger partial charge in [0.05, 0.1) is 11.3 Å². The maximum Gasteiger partial charge on any atom is 0.254 e. The number of nitrogens with zero attached hydrogens (tertiary/aromatic N) is 1. The largest absolute Gasteiger partial charge is 0.384 e. The molecule has 160 valence electrons. The number of anilines is 1. The van der Waals surface area contributed by atoms with E-state index in [1.807, 2.05) is 0 Å². The number of nitrogen functional groups attached to an aromatic ring is 1. The van der Waals surface area contributed by atoms with E-state index in [1.165, 1.54) is 14.0 Å². The number of nitrogens with two attached hydrogens (primary N) is 1. The molecular weight excluding hydrogens is 394 g/mol. The molecule has 7 nitrogen and oxygen atoms in total. The van der Waals surface area contributed by atoms with E-state index in [0.29, 0.717) is 11.1 Å². The van der Waals surface area contributed by atoms with Crippen LogP contribution in [0, 0.1) is 17.0 Å². The van der Waals surface area contributed by atoms with Crippen LogP contribution in [0.15, 0.2) is 36.4 Å². The lowest BCUT2D eigenvalue weighted by atomic mass is 10.0. The van der Waals surface area contributed by atoms with Crippen LogP contribution in [0.25, 0.3) is 0 Å². The minimum Gasteiger partial charge on any atom is -0.384 e. The molecule has 0 bridgehead atoms. The number of carbonyl (C=O) groups excluding carboxylic acids is 2. The minimum absolute atomic E-state index is 0.0777. The zero-order valence-electron chi connectivity index (χ0n) is 17.0. The summed E-state index contributed by atoms with van der Waals surface area (Å²) in [5.41, 5.74) is 5.94. The molecule has 1 unspecified atom stereocenters. The van der Waals surface area contributed by atoms with E-state index in [-0.39, 0.29) is 24.6 Å². The molecule has 0 aliphatic heterocycles. The summed E-state index contributed by atoms with van der Waals surface area (Å²) in [7, 11) is 1.17. The van der Waals surface area contributed by atoms with Crippen molar-refractivity contribution in [2.45, 2.75) is 26.5 Å². The number of hydrogen-bond acceptors (Lipinski definition) is 4. The van der Waals surface area contributed by atoms with Gasteiger partial charge in [-0.05, 0) is 24.6 Å². The minimum atomic E-state index is -1.55. The first-order valence-electron chi connectivity index (χ1n) is 9.21. The van der Waals surface area contributed by atoms with Crippen LogP contribution in [0.3, 0.4) is 0 Å². The molecule has 2 amide bonds. The monoisotopic (exact) mass is 418 g/mol. The van der Waals surface area contributed by atoms with Crippen molar-refractivity contribution in [2.75, 3.05) is 18.6 Å². The predicted octanol–water partition coefficient (Wildman–Crippen LogP) is 2.63. The highest BCUT2D eigenvalue weighted by atomic mass is 19.1. The number of amidine groups is 1. The van der Waals surface area contributed by atoms with Gasteiger partial charge in [0.15, 0.2) is 11.9 Å². The van der Waals surface area contributed by atoms with Crippen LogP contribution in [0.5, 0.6) is 0 Å². The van der Waals surface area contributed by atoms with Gasteiger partial charge in [0.2, 0.25) is 5.91 Å². The SMILES string of the molecule is CCN(C(C)=O)c1ccc(F)c(C(OC)C(=O)NCc2ccc(C(=N)N)cc2)c1F. The lowest BCUT2D eigenvalue weighted by Gasteiger charge is -2.23. The number of rotatable bonds is 8. The highest BCUT2D eigenvalue weighted by Crippen LogP contribution is 2.31. The third-order valence-corrected chi connectivity index (χ3v) is 4.56. The van der Waals surface area contributed by atoms with Gasteiger partial charge in [-0.3, -0.25) is 15.0 Å². The van der Waals surface area contributed by atoms with Crippen LogP contribution in [0.1, 0.15) is 36.6 Å². The van der Waals surface area contributed by atoms with Gasteiger partial charge in [0, 0.05) is 32.7 Å². The zero-order valence-corrected chi connectivity index (χ0v) is 17.0. The van der Waals surface area contributed by atoms with Gasteiger partial charge in [-0.2, -0.15) is 0 Å². The molecule has 0 heterocycles. The van der Waals surface area contributed by atoms with Gasteiger partial charge in [0.25, 0.3) is 5.91 Å². The Kier molecular flexibility index (Phi) is 7.60. The third-order valence-electron chi connectivity index (χ3n) is 4.56. The van der Waals surface area contributed by atoms with E-state index < -0.39 is 35.1 Å². The molecule has 2 aromatic rings. The molecule has 0 saturated heterocycles. The van der Waals surface area contributed by atoms with Crippen molar-refractivity contribution in [2.24, 2.45) is 5.73 Å². The van der Waals surface area contributed by atoms with Crippen LogP contribution in [0.4, 0.5) is 14.5 Å². The molecule has 2 rings (SSSR count). The van der Waals surface area contributed by atoms with Crippen LogP contribution >= 0.6 is 0 Å². The van der Waals surface area contributed by atoms with E-state index in [2.05, 4.69) is 5.32 Å². The molecule has 0 fully saturated rings. The molecule has 0 aliphatic carbocycles. The second-order valence-electron chi connectivity index (χ2n) is 6.50. The van der Waals surface area contributed by atoms with Gasteiger partial charge >= 0.3 is 0 Å². The maximum absolute atomic E-state index is 15.1. The average molecular weight is 418 g/mol. The average Bonchev–Trinajstić information content (AvgIpc) is 2.71. The summed E-state index contributed by atoms with van der Waals surface area (Å²) >= 11 is 0. The number of amides is 2. The van der Waals surface area contributed by atoms with Gasteiger partial charge in [-0.15, -0.1) is 0 Å². The van der Waals surface area contributed by atoms with E-state index in [1.54, 1.807) is 31.2 Å². The first kappa shape index (κ1) is 23.0. The molecule has 0 aliphatic rings. The molecular formula is C21H24F2N4O3. The van der Waals surface area contributed by atoms with Crippen molar-refractivity contribution >= 4 is 23.3 Å². The van der Waals surface area contributed by atoms with E-state index in [0.717, 1.165) is 17.0 Å². The molecule has 30 heavy (non-hydrogen) atoms. The van der Waals surface area contributed by atoms with Gasteiger partial charge < -0.3 is 20.7 Å². The Labute approximate surface area is 173 Å². The molecule has 0 saturated carbocycles. The third kappa shape index (κ3) is 4.98. The van der Waals surface area contributed by atoms with Crippen molar-refractivity contribution in [3.05, 3.63) is 64.7 Å². The quantitative estimate of drug-likeness (QED) is 0.452. The van der Waals surface area contributed by atoms with Gasteiger partial charge in [-0.25, -0.2) is 8.78 Å². The maximum atomic E-state index is 15.1. The van der Waals surface area contributed by atoms with Gasteiger partial charge in [-0.1, -0.05) is 24.3 Å². The lowest BCUT2D eigenvalue weighted by molar-refractivity contribution is -0.131. The van der Waals surface area contributed by atoms with E-state index >= 15 is 4.39 Å². The van der Waals surface area contributed by atoms with Crippen molar-refractivity contribution in [1.82, 2.24) is 5.32 Å². The lowest BCUT2D eigenvalue weighted by Crippen LogP contribution is -2.33. The summed E-state index contributed by atoms with van der Waals surface area (Å²) in [5, 5.41) is 9.95. The number of carbonyl (C=O) groups is 2. The molecule has 9 heteroatoms. The molecule has 4 N–H and O–H groups in total. The first-order chi connectivity index (χ1) is 14.2. The normalized spacial score (nSPS) is 11.6. The molecule has 2 aromatic carbocycles. The topological polar surface area (TPSA) is 109 Å². The fourth-order valence-electron chi connectivity index (χ4n) is 3.01. The number of methoxy groups -OCH3 is 1. The van der Waals surface area contributed by atoms with Crippen LogP contribution in [-0.2, 0) is 20.9 Å². The van der Waals surface area contributed by atoms with E-state index in [4.69, 9.17) is 15.9 Å². The van der Waals surface area contributed by atoms with Crippen molar-refractivity contribution in [3.8, 4) is 0 Å². The Balaban J connectivity index is 2.26. The second-order valence-corrected chi connectivity index (χ2v) is 6.50. The predicted molar refractivity (Wildman–Crippen MR) is 109 cm³/mol. The standard InChI is InChI=1S/C21H24F2N4O3/c1-4-27(12(2)28)16-10-9-15(22)17(18(16)23)19(30-3)21(29)26-11-13-5-7-14(8-6-13)20(24)25/h5-10,19H,4,11H2,1-3H3,(H3,24,25)(H,26,29). The molecule has 1 atom stereocenters. The van der Waals surface area contributed by atoms with Gasteiger partial charge in [0.1, 0.15) is 11.7 Å². The Morgan fingerprint density at radius 3 is 2.33 bits per heavy atom. The van der Waals surface area contributed by atoms with Crippen LogP contribution in [-0.4, -0.2) is 31.3 Å². The first-order valence-corrected chi connectivity index (χ1v) is 9.21. The van der Waals surface area contributed by atoms with Crippen molar-refractivity contribution in [3.63, 3.8) is 0 Å². The fourth-order valence-corrected chi connectivity index (χ4v) is 3.01.